The normalized spacial score (nSPS) is 18.4. The number of nitrogens with zero attached hydrogens (tertiary/aromatic N) is 1. The molecule has 2 atom stereocenters. The van der Waals surface area contributed by atoms with Crippen molar-refractivity contribution in [2.45, 2.75) is 31.5 Å². The summed E-state index contributed by atoms with van der Waals surface area (Å²) in [5.74, 6) is -1.40. The Bertz CT molecular complexity index is 1150. The van der Waals surface area contributed by atoms with Crippen molar-refractivity contribution < 1.29 is 19.4 Å². The number of hydrogen-bond acceptors (Lipinski definition) is 3. The van der Waals surface area contributed by atoms with Gasteiger partial charge in [-0.2, -0.15) is 0 Å². The molecule has 0 spiro atoms. The highest BCUT2D eigenvalue weighted by Crippen LogP contribution is 2.42. The van der Waals surface area contributed by atoms with Crippen LogP contribution in [0.15, 0.2) is 60.7 Å². The number of unbranched alkanes of at least 4 members (excludes halogenated alkanes) is 1. The molecule has 0 saturated heterocycles. The van der Waals surface area contributed by atoms with Gasteiger partial charge in [0.1, 0.15) is 12.2 Å². The van der Waals surface area contributed by atoms with Gasteiger partial charge in [-0.05, 0) is 51.8 Å². The van der Waals surface area contributed by atoms with Crippen molar-refractivity contribution in [1.29, 1.82) is 0 Å². The van der Waals surface area contributed by atoms with Gasteiger partial charge in [0.2, 0.25) is 0 Å². The van der Waals surface area contributed by atoms with Crippen molar-refractivity contribution in [3.05, 3.63) is 76.8 Å². The number of carboxylic acids is 1. The van der Waals surface area contributed by atoms with Gasteiger partial charge in [0.25, 0.3) is 5.91 Å². The Morgan fingerprint density at radius 2 is 1.84 bits per heavy atom. The molecule has 1 aliphatic rings. The Morgan fingerprint density at radius 1 is 1.06 bits per heavy atom. The molecule has 7 heteroatoms. The summed E-state index contributed by atoms with van der Waals surface area (Å²) in [6.45, 7) is 0.498. The van der Waals surface area contributed by atoms with Gasteiger partial charge in [-0.1, -0.05) is 76.7 Å². The first-order chi connectivity index (χ1) is 15.5. The van der Waals surface area contributed by atoms with E-state index >= 15 is 0 Å². The zero-order valence-electron chi connectivity index (χ0n) is 17.3. The van der Waals surface area contributed by atoms with E-state index < -0.39 is 24.6 Å². The predicted molar refractivity (Wildman–Crippen MR) is 135 cm³/mol. The van der Waals surface area contributed by atoms with E-state index in [1.54, 1.807) is 11.0 Å². The van der Waals surface area contributed by atoms with Crippen LogP contribution in [0.5, 0.6) is 0 Å². The molecule has 0 unspecified atom stereocenters. The van der Waals surface area contributed by atoms with E-state index in [1.807, 2.05) is 54.6 Å². The molecule has 0 radical (unpaired) electrons. The van der Waals surface area contributed by atoms with E-state index in [9.17, 15) is 14.7 Å². The number of halogens is 2. The quantitative estimate of drug-likeness (QED) is 0.217. The van der Waals surface area contributed by atoms with Crippen molar-refractivity contribution in [2.24, 2.45) is 0 Å². The second-order valence-corrected chi connectivity index (χ2v) is 9.28. The molecule has 1 heterocycles. The summed E-state index contributed by atoms with van der Waals surface area (Å²) in [6.07, 6.45) is -0.343. The predicted octanol–water partition coefficient (Wildman–Crippen LogP) is 6.00. The number of anilines is 1. The molecular weight excluding hydrogens is 541 g/mol. The van der Waals surface area contributed by atoms with Gasteiger partial charge in [0.15, 0.2) is 0 Å². The lowest BCUT2D eigenvalue weighted by atomic mass is 9.94. The lowest BCUT2D eigenvalue weighted by Gasteiger charge is -2.24. The monoisotopic (exact) mass is 563 g/mol. The van der Waals surface area contributed by atoms with E-state index in [1.165, 1.54) is 0 Å². The second kappa shape index (κ2) is 10.2. The van der Waals surface area contributed by atoms with Crippen molar-refractivity contribution in [3.63, 3.8) is 0 Å². The minimum atomic E-state index is -1.10. The molecule has 3 aromatic rings. The average molecular weight is 564 g/mol. The van der Waals surface area contributed by atoms with Crippen LogP contribution in [0.4, 0.5) is 5.69 Å². The van der Waals surface area contributed by atoms with Gasteiger partial charge in [0.05, 0.1) is 6.42 Å². The molecular formula is C25H23ClINO4. The van der Waals surface area contributed by atoms with Crippen LogP contribution >= 0.6 is 34.2 Å². The first kappa shape index (κ1) is 23.0. The molecule has 1 amide bonds. The maximum atomic E-state index is 13.5. The molecule has 32 heavy (non-hydrogen) atoms. The van der Waals surface area contributed by atoms with Crippen molar-refractivity contribution in [3.8, 4) is 0 Å². The number of carbonyl (C=O) groups is 2. The zero-order valence-corrected chi connectivity index (χ0v) is 20.3. The Labute approximate surface area is 205 Å². The van der Waals surface area contributed by atoms with Crippen LogP contribution in [0.3, 0.4) is 0 Å². The summed E-state index contributed by atoms with van der Waals surface area (Å²) in [5, 5.41) is 12.1. The average Bonchev–Trinajstić information content (AvgIpc) is 2.88. The minimum Gasteiger partial charge on any atom is -0.481 e. The molecule has 5 nitrogen and oxygen atoms in total. The highest BCUT2D eigenvalue weighted by molar-refractivity contribution is 14.1. The maximum Gasteiger partial charge on any atom is 0.306 e. The van der Waals surface area contributed by atoms with Gasteiger partial charge in [-0.15, -0.1) is 0 Å². The minimum absolute atomic E-state index is 0.327. The molecule has 0 bridgehead atoms. The lowest BCUT2D eigenvalue weighted by molar-refractivity contribution is -0.146. The number of ether oxygens (including phenoxy) is 1. The van der Waals surface area contributed by atoms with Crippen LogP contribution in [0.25, 0.3) is 10.8 Å². The fraction of sp³-hybridized carbons (Fsp3) is 0.280. The van der Waals surface area contributed by atoms with Crippen LogP contribution in [0.1, 0.15) is 36.5 Å². The van der Waals surface area contributed by atoms with E-state index in [2.05, 4.69) is 22.6 Å². The Morgan fingerprint density at radius 3 is 2.62 bits per heavy atom. The molecule has 0 aliphatic carbocycles. The standard InChI is InChI=1S/C25H23ClINO4/c26-17-10-11-21-20(14-17)24(19-9-5-7-16-6-1-2-8-18(16)19)32-22(15-23(29)30)25(31)28(21)13-4-3-12-27/h1-2,5-11,14,22,24H,3-4,12-13,15H2,(H,29,30)/t22-,24-/m1/s1. The smallest absolute Gasteiger partial charge is 0.306 e. The summed E-state index contributed by atoms with van der Waals surface area (Å²) in [4.78, 5) is 26.7. The SMILES string of the molecule is O=C(O)C[C@H]1O[C@H](c2cccc3ccccc23)c2cc(Cl)ccc2N(CCCCI)C1=O. The van der Waals surface area contributed by atoms with Crippen molar-refractivity contribution in [2.75, 3.05) is 15.9 Å². The Balaban J connectivity index is 1.89. The van der Waals surface area contributed by atoms with E-state index in [4.69, 9.17) is 16.3 Å². The maximum absolute atomic E-state index is 13.5. The molecule has 1 N–H and O–H groups in total. The van der Waals surface area contributed by atoms with Gasteiger partial charge >= 0.3 is 5.97 Å². The number of carboxylic acid groups (broad SMARTS) is 1. The molecule has 0 saturated carbocycles. The highest BCUT2D eigenvalue weighted by Gasteiger charge is 2.38. The fourth-order valence-corrected chi connectivity index (χ4v) is 4.90. The molecule has 0 aromatic heterocycles. The number of aliphatic carboxylic acids is 1. The summed E-state index contributed by atoms with van der Waals surface area (Å²) in [6, 6.07) is 19.3. The van der Waals surface area contributed by atoms with Crippen LogP contribution in [-0.4, -0.2) is 34.1 Å². The largest absolute Gasteiger partial charge is 0.481 e. The third-order valence-electron chi connectivity index (χ3n) is 5.64. The van der Waals surface area contributed by atoms with E-state index in [0.717, 1.165) is 44.9 Å². The Hall–Kier alpha value is -2.16. The van der Waals surface area contributed by atoms with Crippen molar-refractivity contribution in [1.82, 2.24) is 0 Å². The van der Waals surface area contributed by atoms with Crippen LogP contribution in [0.2, 0.25) is 5.02 Å². The summed E-state index contributed by atoms with van der Waals surface area (Å²) in [7, 11) is 0. The second-order valence-electron chi connectivity index (χ2n) is 7.76. The number of fused-ring (bicyclic) bond motifs is 2. The first-order valence-electron chi connectivity index (χ1n) is 10.5. The summed E-state index contributed by atoms with van der Waals surface area (Å²) in [5.41, 5.74) is 2.37. The third-order valence-corrected chi connectivity index (χ3v) is 6.63. The van der Waals surface area contributed by atoms with E-state index in [0.29, 0.717) is 11.6 Å². The number of rotatable bonds is 7. The van der Waals surface area contributed by atoms with Gasteiger partial charge in [-0.3, -0.25) is 9.59 Å². The van der Waals surface area contributed by atoms with Gasteiger partial charge in [-0.25, -0.2) is 0 Å². The molecule has 3 aromatic carbocycles. The summed E-state index contributed by atoms with van der Waals surface area (Å²) >= 11 is 8.69. The number of carbonyl (C=O) groups excluding carboxylic acids is 1. The summed E-state index contributed by atoms with van der Waals surface area (Å²) < 4.78 is 7.30. The Kier molecular flexibility index (Phi) is 7.33. The molecule has 0 fully saturated rings. The molecule has 4 rings (SSSR count). The number of amides is 1. The lowest BCUT2D eigenvalue weighted by Crippen LogP contribution is -2.41. The van der Waals surface area contributed by atoms with Crippen LogP contribution in [-0.2, 0) is 14.3 Å². The van der Waals surface area contributed by atoms with Crippen LogP contribution < -0.4 is 4.90 Å². The number of hydrogen-bond donors (Lipinski definition) is 1. The zero-order chi connectivity index (χ0) is 22.7. The van der Waals surface area contributed by atoms with E-state index in [-0.39, 0.29) is 5.91 Å². The van der Waals surface area contributed by atoms with Crippen molar-refractivity contribution >= 4 is 62.5 Å². The number of alkyl halides is 1. The van der Waals surface area contributed by atoms with Gasteiger partial charge in [0, 0.05) is 22.8 Å². The topological polar surface area (TPSA) is 66.8 Å². The number of benzene rings is 3. The fourth-order valence-electron chi connectivity index (χ4n) is 4.18. The van der Waals surface area contributed by atoms with Crippen LogP contribution in [0, 0.1) is 0 Å². The third kappa shape index (κ3) is 4.77. The molecule has 1 aliphatic heterocycles. The van der Waals surface area contributed by atoms with Gasteiger partial charge < -0.3 is 14.7 Å². The molecule has 166 valence electrons. The first-order valence-corrected chi connectivity index (χ1v) is 12.4. The highest BCUT2D eigenvalue weighted by atomic mass is 127.